The van der Waals surface area contributed by atoms with Crippen molar-refractivity contribution in [1.82, 2.24) is 10.1 Å². The van der Waals surface area contributed by atoms with Gasteiger partial charge in [-0.25, -0.2) is 8.78 Å². The molecular weight excluding hydrogens is 344 g/mol. The molecule has 7 heteroatoms. The van der Waals surface area contributed by atoms with Crippen LogP contribution in [0.1, 0.15) is 0 Å². The summed E-state index contributed by atoms with van der Waals surface area (Å²) in [5.41, 5.74) is 7.20. The number of rotatable bonds is 2. The van der Waals surface area contributed by atoms with Gasteiger partial charge in [-0.1, -0.05) is 5.16 Å². The third-order valence-corrected chi connectivity index (χ3v) is 3.52. The number of halogens is 3. The lowest BCUT2D eigenvalue weighted by molar-refractivity contribution is 0.432. The Bertz CT molecular complexity index is 820. The van der Waals surface area contributed by atoms with Crippen LogP contribution in [0.5, 0.6) is 0 Å². The molecule has 0 spiro atoms. The van der Waals surface area contributed by atoms with Crippen molar-refractivity contribution in [1.29, 1.82) is 0 Å². The summed E-state index contributed by atoms with van der Waals surface area (Å²) in [6, 6.07) is 8.55. The summed E-state index contributed by atoms with van der Waals surface area (Å²) in [5, 5.41) is 3.77. The van der Waals surface area contributed by atoms with Crippen molar-refractivity contribution in [2.24, 2.45) is 0 Å². The van der Waals surface area contributed by atoms with Gasteiger partial charge in [0.05, 0.1) is 5.56 Å². The molecule has 0 bridgehead atoms. The van der Waals surface area contributed by atoms with Crippen LogP contribution in [0.4, 0.5) is 14.5 Å². The standard InChI is InChI=1S/C14H8BrF2N3O/c15-10-3-2-8(18)6-9(10)14-19-13(20-21-14)7-1-4-11(16)12(17)5-7/h1-6H,18H2. The lowest BCUT2D eigenvalue weighted by Gasteiger charge is -2.00. The Morgan fingerprint density at radius 2 is 1.86 bits per heavy atom. The van der Waals surface area contributed by atoms with E-state index in [1.54, 1.807) is 18.2 Å². The second kappa shape index (κ2) is 5.25. The van der Waals surface area contributed by atoms with Gasteiger partial charge in [-0.15, -0.1) is 0 Å². The minimum Gasteiger partial charge on any atom is -0.399 e. The zero-order chi connectivity index (χ0) is 15.0. The molecule has 0 aliphatic heterocycles. The molecule has 0 unspecified atom stereocenters. The molecule has 0 amide bonds. The number of nitrogen functional groups attached to an aromatic ring is 1. The van der Waals surface area contributed by atoms with Crippen molar-refractivity contribution in [3.05, 3.63) is 52.5 Å². The second-order valence-electron chi connectivity index (χ2n) is 4.29. The summed E-state index contributed by atoms with van der Waals surface area (Å²) in [5.74, 6) is -1.50. The molecule has 106 valence electrons. The van der Waals surface area contributed by atoms with Crippen molar-refractivity contribution < 1.29 is 13.3 Å². The molecule has 2 N–H and O–H groups in total. The van der Waals surface area contributed by atoms with Gasteiger partial charge in [-0.3, -0.25) is 0 Å². The van der Waals surface area contributed by atoms with Gasteiger partial charge in [0.1, 0.15) is 0 Å². The molecular formula is C14H8BrF2N3O. The van der Waals surface area contributed by atoms with Gasteiger partial charge in [0, 0.05) is 15.7 Å². The maximum Gasteiger partial charge on any atom is 0.259 e. The monoisotopic (exact) mass is 351 g/mol. The fourth-order valence-electron chi connectivity index (χ4n) is 1.79. The molecule has 21 heavy (non-hydrogen) atoms. The quantitative estimate of drug-likeness (QED) is 0.708. The SMILES string of the molecule is Nc1ccc(Br)c(-c2nc(-c3ccc(F)c(F)c3)no2)c1. The lowest BCUT2D eigenvalue weighted by atomic mass is 10.2. The first-order valence-electron chi connectivity index (χ1n) is 5.89. The summed E-state index contributed by atoms with van der Waals surface area (Å²) in [6.07, 6.45) is 0. The van der Waals surface area contributed by atoms with Gasteiger partial charge in [-0.2, -0.15) is 4.98 Å². The van der Waals surface area contributed by atoms with Gasteiger partial charge in [0.2, 0.25) is 5.82 Å². The predicted octanol–water partition coefficient (Wildman–Crippen LogP) is 4.03. The van der Waals surface area contributed by atoms with Gasteiger partial charge < -0.3 is 10.3 Å². The van der Waals surface area contributed by atoms with Crippen molar-refractivity contribution in [2.45, 2.75) is 0 Å². The summed E-state index contributed by atoms with van der Waals surface area (Å²) < 4.78 is 32.0. The molecule has 0 fully saturated rings. The zero-order valence-corrected chi connectivity index (χ0v) is 12.1. The van der Waals surface area contributed by atoms with Crippen LogP contribution in [0.15, 0.2) is 45.4 Å². The highest BCUT2D eigenvalue weighted by atomic mass is 79.9. The summed E-state index contributed by atoms with van der Waals surface area (Å²) >= 11 is 3.36. The molecule has 1 heterocycles. The summed E-state index contributed by atoms with van der Waals surface area (Å²) in [6.45, 7) is 0. The van der Waals surface area contributed by atoms with Crippen molar-refractivity contribution in [2.75, 3.05) is 5.73 Å². The molecule has 0 atom stereocenters. The maximum absolute atomic E-state index is 13.2. The van der Waals surface area contributed by atoms with E-state index in [9.17, 15) is 8.78 Å². The van der Waals surface area contributed by atoms with Gasteiger partial charge in [0.25, 0.3) is 5.89 Å². The van der Waals surface area contributed by atoms with Gasteiger partial charge in [-0.05, 0) is 52.3 Å². The number of benzene rings is 2. The highest BCUT2D eigenvalue weighted by molar-refractivity contribution is 9.10. The maximum atomic E-state index is 13.2. The van der Waals surface area contributed by atoms with Crippen LogP contribution in [0.3, 0.4) is 0 Å². The van der Waals surface area contributed by atoms with Crippen LogP contribution in [-0.4, -0.2) is 10.1 Å². The third-order valence-electron chi connectivity index (χ3n) is 2.82. The number of anilines is 1. The van der Waals surface area contributed by atoms with Crippen LogP contribution in [-0.2, 0) is 0 Å². The smallest absolute Gasteiger partial charge is 0.259 e. The molecule has 0 aliphatic carbocycles. The Balaban J connectivity index is 2.03. The Morgan fingerprint density at radius 1 is 1.05 bits per heavy atom. The zero-order valence-electron chi connectivity index (χ0n) is 10.5. The topological polar surface area (TPSA) is 64.9 Å². The first-order chi connectivity index (χ1) is 10.0. The predicted molar refractivity (Wildman–Crippen MR) is 77.2 cm³/mol. The van der Waals surface area contributed by atoms with Gasteiger partial charge in [0.15, 0.2) is 11.6 Å². The minimum atomic E-state index is -0.969. The van der Waals surface area contributed by atoms with Crippen molar-refractivity contribution in [3.8, 4) is 22.8 Å². The van der Waals surface area contributed by atoms with E-state index in [1.165, 1.54) is 6.07 Å². The second-order valence-corrected chi connectivity index (χ2v) is 5.15. The first-order valence-corrected chi connectivity index (χ1v) is 6.68. The molecule has 0 saturated heterocycles. The average molecular weight is 352 g/mol. The molecule has 4 nitrogen and oxygen atoms in total. The highest BCUT2D eigenvalue weighted by Crippen LogP contribution is 2.30. The van der Waals surface area contributed by atoms with Crippen molar-refractivity contribution in [3.63, 3.8) is 0 Å². The number of aromatic nitrogens is 2. The lowest BCUT2D eigenvalue weighted by Crippen LogP contribution is -1.88. The molecule has 0 aliphatic rings. The normalized spacial score (nSPS) is 10.8. The van der Waals surface area contributed by atoms with E-state index in [2.05, 4.69) is 26.1 Å². The van der Waals surface area contributed by atoms with E-state index >= 15 is 0 Å². The number of hydrogen-bond donors (Lipinski definition) is 1. The van der Waals surface area contributed by atoms with Crippen LogP contribution >= 0.6 is 15.9 Å². The van der Waals surface area contributed by atoms with E-state index in [-0.39, 0.29) is 11.7 Å². The van der Waals surface area contributed by atoms with Crippen LogP contribution in [0, 0.1) is 11.6 Å². The highest BCUT2D eigenvalue weighted by Gasteiger charge is 2.14. The van der Waals surface area contributed by atoms with E-state index in [0.29, 0.717) is 16.8 Å². The van der Waals surface area contributed by atoms with E-state index in [1.807, 2.05) is 0 Å². The molecule has 1 aromatic heterocycles. The first kappa shape index (κ1) is 13.7. The van der Waals surface area contributed by atoms with E-state index < -0.39 is 11.6 Å². The Hall–Kier alpha value is -2.28. The summed E-state index contributed by atoms with van der Waals surface area (Å²) in [4.78, 5) is 4.17. The average Bonchev–Trinajstić information content (AvgIpc) is 2.94. The Labute approximate surface area is 126 Å². The summed E-state index contributed by atoms with van der Waals surface area (Å²) in [7, 11) is 0. The Kier molecular flexibility index (Phi) is 3.42. The van der Waals surface area contributed by atoms with Crippen LogP contribution in [0.2, 0.25) is 0 Å². The number of nitrogens with zero attached hydrogens (tertiary/aromatic N) is 2. The minimum absolute atomic E-state index is 0.165. The van der Waals surface area contributed by atoms with E-state index in [4.69, 9.17) is 10.3 Å². The number of hydrogen-bond acceptors (Lipinski definition) is 4. The number of nitrogens with two attached hydrogens (primary N) is 1. The van der Waals surface area contributed by atoms with Gasteiger partial charge >= 0.3 is 0 Å². The van der Waals surface area contributed by atoms with E-state index in [0.717, 1.165) is 16.6 Å². The molecule has 0 radical (unpaired) electrons. The third kappa shape index (κ3) is 2.64. The van der Waals surface area contributed by atoms with Crippen LogP contribution < -0.4 is 5.73 Å². The van der Waals surface area contributed by atoms with Crippen LogP contribution in [0.25, 0.3) is 22.8 Å². The molecule has 3 aromatic rings. The molecule has 2 aromatic carbocycles. The van der Waals surface area contributed by atoms with Crippen molar-refractivity contribution >= 4 is 21.6 Å². The largest absolute Gasteiger partial charge is 0.399 e. The fourth-order valence-corrected chi connectivity index (χ4v) is 2.21. The molecule has 0 saturated carbocycles. The fraction of sp³-hybridized carbons (Fsp3) is 0. The Morgan fingerprint density at radius 3 is 2.62 bits per heavy atom. The molecule has 3 rings (SSSR count).